The molecule has 1 aliphatic heterocycles. The molecule has 0 bridgehead atoms. The van der Waals surface area contributed by atoms with Crippen LogP contribution in [-0.4, -0.2) is 30.7 Å². The third-order valence-corrected chi connectivity index (χ3v) is 6.46. The number of hydrogen-bond acceptors (Lipinski definition) is 4. The zero-order chi connectivity index (χ0) is 30.3. The Morgan fingerprint density at radius 2 is 1.24 bits per heavy atom. The zero-order valence-corrected chi connectivity index (χ0v) is 25.1. The van der Waals surface area contributed by atoms with E-state index in [1.807, 2.05) is 24.3 Å². The molecule has 0 radical (unpaired) electrons. The summed E-state index contributed by atoms with van der Waals surface area (Å²) < 4.78 is 5.73. The van der Waals surface area contributed by atoms with Crippen molar-refractivity contribution in [1.82, 2.24) is 10.6 Å². The van der Waals surface area contributed by atoms with Crippen LogP contribution in [-0.2, 0) is 24.7 Å². The van der Waals surface area contributed by atoms with Crippen LogP contribution in [0.2, 0.25) is 0 Å². The average molecular weight is 571 g/mol. The molecule has 1 atom stereocenters. The fraction of sp³-hybridized carbons (Fsp3) is 0.361. The van der Waals surface area contributed by atoms with E-state index in [1.165, 1.54) is 6.08 Å². The van der Waals surface area contributed by atoms with Gasteiger partial charge in [0, 0.05) is 31.1 Å². The molecule has 0 aromatic heterocycles. The van der Waals surface area contributed by atoms with E-state index in [0.29, 0.717) is 24.9 Å². The fourth-order valence-corrected chi connectivity index (χ4v) is 4.03. The maximum Gasteiger partial charge on any atom is 0.286 e. The highest BCUT2D eigenvalue weighted by molar-refractivity contribution is 6.07. The number of rotatable bonds is 19. The molecule has 1 unspecified atom stereocenters. The van der Waals surface area contributed by atoms with Gasteiger partial charge in [0.2, 0.25) is 11.7 Å². The molecule has 0 spiro atoms. The number of benzene rings is 1. The molecule has 6 heteroatoms. The molecule has 2 N–H and O–H groups in total. The summed E-state index contributed by atoms with van der Waals surface area (Å²) in [6.45, 7) is 4.33. The summed E-state index contributed by atoms with van der Waals surface area (Å²) in [6, 6.07) is 9.08. The van der Waals surface area contributed by atoms with E-state index in [-0.39, 0.29) is 24.0 Å². The lowest BCUT2D eigenvalue weighted by atomic mass is 9.92. The number of allylic oxidation sites excluding steroid dienone is 12. The number of amides is 2. The first kappa shape index (κ1) is 34.0. The third-order valence-electron chi connectivity index (χ3n) is 6.46. The van der Waals surface area contributed by atoms with Gasteiger partial charge in [-0.05, 0) is 51.9 Å². The van der Waals surface area contributed by atoms with Gasteiger partial charge in [-0.25, -0.2) is 0 Å². The number of carbonyl (C=O) groups excluding carboxylic acids is 3. The Hall–Kier alpha value is -4.19. The second-order valence-corrected chi connectivity index (χ2v) is 9.93. The summed E-state index contributed by atoms with van der Waals surface area (Å²) >= 11 is 0. The van der Waals surface area contributed by atoms with Crippen LogP contribution in [0.5, 0.6) is 0 Å². The minimum atomic E-state index is -1.20. The van der Waals surface area contributed by atoms with Crippen molar-refractivity contribution < 1.29 is 19.1 Å². The summed E-state index contributed by atoms with van der Waals surface area (Å²) in [6.07, 6.45) is 33.9. The van der Waals surface area contributed by atoms with E-state index in [9.17, 15) is 14.4 Å². The van der Waals surface area contributed by atoms with E-state index in [4.69, 9.17) is 4.74 Å². The van der Waals surface area contributed by atoms with Gasteiger partial charge in [-0.15, -0.1) is 0 Å². The van der Waals surface area contributed by atoms with Crippen LogP contribution in [0.3, 0.4) is 0 Å². The first-order valence-electron chi connectivity index (χ1n) is 14.9. The van der Waals surface area contributed by atoms with Crippen molar-refractivity contribution in [3.05, 3.63) is 121 Å². The van der Waals surface area contributed by atoms with Crippen molar-refractivity contribution in [2.75, 3.05) is 13.1 Å². The molecule has 0 fully saturated rings. The zero-order valence-electron chi connectivity index (χ0n) is 25.1. The van der Waals surface area contributed by atoms with E-state index < -0.39 is 11.5 Å². The topological polar surface area (TPSA) is 84.5 Å². The normalized spacial score (nSPS) is 17.4. The SMILES string of the molecule is CC/C=C\C/C=C\C/C=C\C/C=C\C/C=C\C/C=C\CCC(=O)NCCNC(=O)C1=CC(=O)C(C)(c2ccccc2)O1. The van der Waals surface area contributed by atoms with Crippen molar-refractivity contribution in [2.24, 2.45) is 0 Å². The molecule has 0 saturated carbocycles. The van der Waals surface area contributed by atoms with Crippen LogP contribution in [0.1, 0.15) is 70.8 Å². The summed E-state index contributed by atoms with van der Waals surface area (Å²) in [5, 5.41) is 5.48. The van der Waals surface area contributed by atoms with Crippen LogP contribution >= 0.6 is 0 Å². The Morgan fingerprint density at radius 3 is 1.79 bits per heavy atom. The Bertz CT molecular complexity index is 1190. The van der Waals surface area contributed by atoms with Crippen LogP contribution in [0.25, 0.3) is 0 Å². The standard InChI is InChI=1S/C36H46N2O4/c1-3-4-5-6-7-8-9-10-11-12-13-14-15-16-17-18-19-20-24-27-34(40)37-28-29-38-35(41)32-30-33(39)36(2,42-32)31-25-22-21-23-26-31/h4-5,7-8,10-11,13-14,16-17,19-23,25-26,30H,3,6,9,12,15,18,24,27-29H2,1-2H3,(H,37,40)(H,38,41)/b5-4-,8-7-,11-10-,14-13-,17-16-,20-19-. The van der Waals surface area contributed by atoms with Crippen LogP contribution in [0.15, 0.2) is 115 Å². The number of carbonyl (C=O) groups is 3. The van der Waals surface area contributed by atoms with E-state index in [2.05, 4.69) is 84.4 Å². The Labute approximate surface area is 251 Å². The minimum Gasteiger partial charge on any atom is -0.469 e. The molecule has 2 amide bonds. The highest BCUT2D eigenvalue weighted by Gasteiger charge is 2.43. The molecular formula is C36H46N2O4. The molecule has 42 heavy (non-hydrogen) atoms. The van der Waals surface area contributed by atoms with E-state index in [0.717, 1.165) is 38.5 Å². The van der Waals surface area contributed by atoms with Crippen LogP contribution in [0, 0.1) is 0 Å². The van der Waals surface area contributed by atoms with Gasteiger partial charge in [0.05, 0.1) is 0 Å². The lowest BCUT2D eigenvalue weighted by Gasteiger charge is -2.24. The second-order valence-electron chi connectivity index (χ2n) is 9.93. The van der Waals surface area contributed by atoms with Gasteiger partial charge in [0.25, 0.3) is 5.91 Å². The van der Waals surface area contributed by atoms with Crippen molar-refractivity contribution in [3.8, 4) is 0 Å². The van der Waals surface area contributed by atoms with Crippen molar-refractivity contribution in [2.45, 2.75) is 70.8 Å². The van der Waals surface area contributed by atoms with Gasteiger partial charge >= 0.3 is 0 Å². The van der Waals surface area contributed by atoms with Crippen LogP contribution < -0.4 is 10.6 Å². The molecule has 2 rings (SSSR count). The largest absolute Gasteiger partial charge is 0.469 e. The van der Waals surface area contributed by atoms with Gasteiger partial charge in [0.1, 0.15) is 0 Å². The van der Waals surface area contributed by atoms with Gasteiger partial charge in [0.15, 0.2) is 11.4 Å². The molecular weight excluding hydrogens is 524 g/mol. The van der Waals surface area contributed by atoms with Crippen molar-refractivity contribution >= 4 is 17.6 Å². The molecule has 1 heterocycles. The number of hydrogen-bond donors (Lipinski definition) is 2. The molecule has 224 valence electrons. The first-order valence-corrected chi connectivity index (χ1v) is 14.9. The summed E-state index contributed by atoms with van der Waals surface area (Å²) in [4.78, 5) is 36.9. The molecule has 1 aromatic carbocycles. The van der Waals surface area contributed by atoms with Gasteiger partial charge in [-0.1, -0.05) is 110 Å². The smallest absolute Gasteiger partial charge is 0.286 e. The summed E-state index contributed by atoms with van der Waals surface area (Å²) in [7, 11) is 0. The second kappa shape index (κ2) is 20.7. The summed E-state index contributed by atoms with van der Waals surface area (Å²) in [5.74, 6) is -0.848. The summed E-state index contributed by atoms with van der Waals surface area (Å²) in [5.41, 5.74) is -0.517. The molecule has 0 aliphatic carbocycles. The first-order chi connectivity index (χ1) is 20.5. The lowest BCUT2D eigenvalue weighted by Crippen LogP contribution is -2.36. The fourth-order valence-electron chi connectivity index (χ4n) is 4.03. The monoisotopic (exact) mass is 570 g/mol. The Kier molecular flexibility index (Phi) is 16.7. The Morgan fingerprint density at radius 1 is 0.738 bits per heavy atom. The van der Waals surface area contributed by atoms with Crippen LogP contribution in [0.4, 0.5) is 0 Å². The minimum absolute atomic E-state index is 0.0182. The Balaban J connectivity index is 1.48. The van der Waals surface area contributed by atoms with Gasteiger partial charge < -0.3 is 15.4 Å². The predicted octanol–water partition coefficient (Wildman–Crippen LogP) is 7.10. The predicted molar refractivity (Wildman–Crippen MR) is 171 cm³/mol. The van der Waals surface area contributed by atoms with E-state index >= 15 is 0 Å². The van der Waals surface area contributed by atoms with Gasteiger partial charge in [-0.2, -0.15) is 0 Å². The maximum absolute atomic E-state index is 12.5. The number of ether oxygens (including phenoxy) is 1. The molecule has 6 nitrogen and oxygen atoms in total. The highest BCUT2D eigenvalue weighted by Crippen LogP contribution is 2.34. The van der Waals surface area contributed by atoms with Crippen molar-refractivity contribution in [3.63, 3.8) is 0 Å². The maximum atomic E-state index is 12.5. The van der Waals surface area contributed by atoms with Crippen molar-refractivity contribution in [1.29, 1.82) is 0 Å². The van der Waals surface area contributed by atoms with Gasteiger partial charge in [-0.3, -0.25) is 14.4 Å². The molecule has 1 aromatic rings. The molecule has 0 saturated heterocycles. The lowest BCUT2D eigenvalue weighted by molar-refractivity contribution is -0.132. The average Bonchev–Trinajstić information content (AvgIpc) is 3.31. The third kappa shape index (κ3) is 13.4. The molecule has 1 aliphatic rings. The number of nitrogens with one attached hydrogen (secondary N) is 2. The number of ketones is 1. The quantitative estimate of drug-likeness (QED) is 0.137. The highest BCUT2D eigenvalue weighted by atomic mass is 16.5. The van der Waals surface area contributed by atoms with E-state index in [1.54, 1.807) is 19.1 Å².